The van der Waals surface area contributed by atoms with Crippen LogP contribution in [0.5, 0.6) is 5.75 Å². The van der Waals surface area contributed by atoms with E-state index in [1.54, 1.807) is 30.3 Å². The van der Waals surface area contributed by atoms with Crippen LogP contribution in [0.25, 0.3) is 6.08 Å². The summed E-state index contributed by atoms with van der Waals surface area (Å²) in [5.74, 6) is -1.28. The number of hydrogen-bond acceptors (Lipinski definition) is 4. The predicted molar refractivity (Wildman–Crippen MR) is 114 cm³/mol. The Morgan fingerprint density at radius 2 is 1.81 bits per heavy atom. The van der Waals surface area contributed by atoms with E-state index in [2.05, 4.69) is 53.1 Å². The van der Waals surface area contributed by atoms with Gasteiger partial charge in [0.05, 0.1) is 10.2 Å². The SMILES string of the molecule is O=C1NC(=S)N(c2cccc(Br)c2)C(=O)/C1=C/c1cc(Br)cc(Br)c1O. The highest BCUT2D eigenvalue weighted by atomic mass is 79.9. The minimum Gasteiger partial charge on any atom is -0.506 e. The van der Waals surface area contributed by atoms with Crippen molar-refractivity contribution in [1.82, 2.24) is 5.32 Å². The maximum Gasteiger partial charge on any atom is 0.270 e. The third-order valence-corrected chi connectivity index (χ3v) is 5.37. The number of halogens is 3. The zero-order valence-corrected chi connectivity index (χ0v) is 18.4. The Morgan fingerprint density at radius 3 is 2.50 bits per heavy atom. The molecule has 2 aromatic carbocycles. The highest BCUT2D eigenvalue weighted by molar-refractivity contribution is 9.11. The first-order valence-electron chi connectivity index (χ1n) is 7.13. The summed E-state index contributed by atoms with van der Waals surface area (Å²) < 4.78 is 1.88. The fourth-order valence-corrected chi connectivity index (χ4v) is 4.29. The van der Waals surface area contributed by atoms with Gasteiger partial charge in [-0.1, -0.05) is 37.9 Å². The van der Waals surface area contributed by atoms with Gasteiger partial charge < -0.3 is 5.11 Å². The summed E-state index contributed by atoms with van der Waals surface area (Å²) in [7, 11) is 0. The lowest BCUT2D eigenvalue weighted by Gasteiger charge is -2.29. The lowest BCUT2D eigenvalue weighted by atomic mass is 10.1. The Labute approximate surface area is 179 Å². The Balaban J connectivity index is 2.09. The Hall–Kier alpha value is -1.55. The van der Waals surface area contributed by atoms with Gasteiger partial charge in [-0.3, -0.25) is 19.8 Å². The average molecular weight is 561 g/mol. The standard InChI is InChI=1S/C17H9Br3N2O3S/c18-9-2-1-3-11(6-9)22-16(25)12(15(24)21-17(22)26)5-8-4-10(19)7-13(20)14(8)23/h1-7,23H,(H,21,24,26)/b12-5+. The van der Waals surface area contributed by atoms with Crippen molar-refractivity contribution in [1.29, 1.82) is 0 Å². The molecule has 1 aliphatic heterocycles. The molecule has 5 nitrogen and oxygen atoms in total. The molecule has 9 heteroatoms. The Bertz CT molecular complexity index is 991. The zero-order chi connectivity index (χ0) is 19.0. The number of phenols is 1. The van der Waals surface area contributed by atoms with Crippen molar-refractivity contribution in [2.45, 2.75) is 0 Å². The number of carbonyl (C=O) groups is 2. The second-order valence-electron chi connectivity index (χ2n) is 5.26. The Kier molecular flexibility index (Phi) is 5.61. The fraction of sp³-hybridized carbons (Fsp3) is 0. The van der Waals surface area contributed by atoms with Gasteiger partial charge in [0.25, 0.3) is 11.8 Å². The number of nitrogens with zero attached hydrogens (tertiary/aromatic N) is 1. The molecule has 0 bridgehead atoms. The zero-order valence-electron chi connectivity index (χ0n) is 12.8. The van der Waals surface area contributed by atoms with E-state index in [9.17, 15) is 14.7 Å². The highest BCUT2D eigenvalue weighted by Gasteiger charge is 2.34. The van der Waals surface area contributed by atoms with Gasteiger partial charge >= 0.3 is 0 Å². The minimum absolute atomic E-state index is 0.00473. The van der Waals surface area contributed by atoms with Crippen LogP contribution in [-0.4, -0.2) is 22.0 Å². The third kappa shape index (κ3) is 3.75. The van der Waals surface area contributed by atoms with E-state index in [0.29, 0.717) is 20.2 Å². The van der Waals surface area contributed by atoms with E-state index in [-0.39, 0.29) is 16.4 Å². The van der Waals surface area contributed by atoms with Crippen LogP contribution in [0.4, 0.5) is 5.69 Å². The number of anilines is 1. The molecule has 0 atom stereocenters. The smallest absolute Gasteiger partial charge is 0.270 e. The van der Waals surface area contributed by atoms with Crippen LogP contribution in [0, 0.1) is 0 Å². The van der Waals surface area contributed by atoms with Gasteiger partial charge in [0.1, 0.15) is 11.3 Å². The van der Waals surface area contributed by atoms with Gasteiger partial charge in [-0.05, 0) is 64.6 Å². The maximum atomic E-state index is 12.9. The molecule has 2 aromatic rings. The average Bonchev–Trinajstić information content (AvgIpc) is 2.55. The van der Waals surface area contributed by atoms with E-state index in [1.807, 2.05) is 6.07 Å². The number of aromatic hydroxyl groups is 1. The molecule has 2 N–H and O–H groups in total. The van der Waals surface area contributed by atoms with Crippen molar-refractivity contribution in [3.63, 3.8) is 0 Å². The third-order valence-electron chi connectivity index (χ3n) is 3.53. The number of phenolic OH excluding ortho intramolecular Hbond substituents is 1. The molecule has 0 saturated carbocycles. The van der Waals surface area contributed by atoms with Gasteiger partial charge in [-0.25, -0.2) is 0 Å². The van der Waals surface area contributed by atoms with Crippen LogP contribution in [-0.2, 0) is 9.59 Å². The first-order valence-corrected chi connectivity index (χ1v) is 9.91. The van der Waals surface area contributed by atoms with Crippen molar-refractivity contribution < 1.29 is 14.7 Å². The van der Waals surface area contributed by atoms with Crippen LogP contribution >= 0.6 is 60.0 Å². The molecular weight excluding hydrogens is 552 g/mol. The second-order valence-corrected chi connectivity index (χ2v) is 8.34. The minimum atomic E-state index is -0.623. The van der Waals surface area contributed by atoms with Crippen molar-refractivity contribution in [3.05, 3.63) is 61.0 Å². The fourth-order valence-electron chi connectivity index (χ4n) is 2.36. The summed E-state index contributed by atoms with van der Waals surface area (Å²) in [6, 6.07) is 10.2. The second kappa shape index (κ2) is 7.59. The first-order chi connectivity index (χ1) is 12.3. The van der Waals surface area contributed by atoms with Crippen LogP contribution in [0.2, 0.25) is 0 Å². The normalized spacial score (nSPS) is 16.2. The van der Waals surface area contributed by atoms with Crippen molar-refractivity contribution in [3.8, 4) is 5.75 Å². The number of thiocarbonyl (C=S) groups is 1. The molecule has 1 aliphatic rings. The summed E-state index contributed by atoms with van der Waals surface area (Å²) >= 11 is 15.0. The summed E-state index contributed by atoms with van der Waals surface area (Å²) in [4.78, 5) is 26.5. The topological polar surface area (TPSA) is 69.6 Å². The van der Waals surface area contributed by atoms with Gasteiger partial charge in [-0.15, -0.1) is 0 Å². The number of rotatable bonds is 2. The van der Waals surface area contributed by atoms with E-state index in [0.717, 1.165) is 4.47 Å². The molecule has 132 valence electrons. The quantitative estimate of drug-likeness (QED) is 0.322. The molecule has 1 saturated heterocycles. The van der Waals surface area contributed by atoms with Gasteiger partial charge in [-0.2, -0.15) is 0 Å². The highest BCUT2D eigenvalue weighted by Crippen LogP contribution is 2.34. The Morgan fingerprint density at radius 1 is 1.08 bits per heavy atom. The van der Waals surface area contributed by atoms with Crippen LogP contribution < -0.4 is 10.2 Å². The summed E-state index contributed by atoms with van der Waals surface area (Å²) in [5, 5.41) is 12.7. The van der Waals surface area contributed by atoms with E-state index in [1.165, 1.54) is 11.0 Å². The molecule has 3 rings (SSSR count). The lowest BCUT2D eigenvalue weighted by molar-refractivity contribution is -0.122. The largest absolute Gasteiger partial charge is 0.506 e. The predicted octanol–water partition coefficient (Wildman–Crippen LogP) is 4.51. The van der Waals surface area contributed by atoms with E-state index in [4.69, 9.17) is 12.2 Å². The number of hydrogen-bond donors (Lipinski definition) is 2. The van der Waals surface area contributed by atoms with Crippen LogP contribution in [0.15, 0.2) is 55.4 Å². The molecule has 1 fully saturated rings. The molecule has 0 unspecified atom stereocenters. The first kappa shape index (κ1) is 19.2. The molecule has 0 aromatic heterocycles. The van der Waals surface area contributed by atoms with Crippen molar-refractivity contribution >= 4 is 88.7 Å². The maximum absolute atomic E-state index is 12.9. The molecule has 0 aliphatic carbocycles. The summed E-state index contributed by atoms with van der Waals surface area (Å²) in [6.45, 7) is 0. The van der Waals surface area contributed by atoms with Crippen molar-refractivity contribution in [2.24, 2.45) is 0 Å². The number of carbonyl (C=O) groups excluding carboxylic acids is 2. The van der Waals surface area contributed by atoms with E-state index >= 15 is 0 Å². The molecule has 1 heterocycles. The monoisotopic (exact) mass is 558 g/mol. The molecular formula is C17H9Br3N2O3S. The molecule has 2 amide bonds. The molecule has 26 heavy (non-hydrogen) atoms. The van der Waals surface area contributed by atoms with Crippen LogP contribution in [0.3, 0.4) is 0 Å². The number of amides is 2. The molecule has 0 spiro atoms. The summed E-state index contributed by atoms with van der Waals surface area (Å²) in [6.07, 6.45) is 1.33. The van der Waals surface area contributed by atoms with Gasteiger partial charge in [0.2, 0.25) is 0 Å². The number of nitrogens with one attached hydrogen (secondary N) is 1. The van der Waals surface area contributed by atoms with Gasteiger partial charge in [0.15, 0.2) is 5.11 Å². The van der Waals surface area contributed by atoms with Crippen LogP contribution in [0.1, 0.15) is 5.56 Å². The van der Waals surface area contributed by atoms with Gasteiger partial charge in [0, 0.05) is 14.5 Å². The summed E-state index contributed by atoms with van der Waals surface area (Å²) in [5.41, 5.74) is 0.686. The number of benzene rings is 2. The molecule has 0 radical (unpaired) electrons. The van der Waals surface area contributed by atoms with Crippen molar-refractivity contribution in [2.75, 3.05) is 4.90 Å². The van der Waals surface area contributed by atoms with E-state index < -0.39 is 11.8 Å². The lowest BCUT2D eigenvalue weighted by Crippen LogP contribution is -2.54.